The minimum atomic E-state index is -5.49. The van der Waals surface area contributed by atoms with Crippen LogP contribution in [0.25, 0.3) is 0 Å². The molecule has 0 radical (unpaired) electrons. The molecule has 0 aromatic carbocycles. The number of aliphatic hydroxyl groups is 3. The van der Waals surface area contributed by atoms with Gasteiger partial charge in [-0.2, -0.15) is 4.31 Å². The number of rotatable bonds is 8. The van der Waals surface area contributed by atoms with Gasteiger partial charge in [0.05, 0.1) is 18.8 Å². The summed E-state index contributed by atoms with van der Waals surface area (Å²) in [6.45, 7) is 1.80. The van der Waals surface area contributed by atoms with Crippen molar-refractivity contribution in [2.24, 2.45) is 0 Å². The van der Waals surface area contributed by atoms with Crippen LogP contribution < -0.4 is 11.2 Å². The molecule has 35 heavy (non-hydrogen) atoms. The van der Waals surface area contributed by atoms with E-state index in [4.69, 9.17) is 9.47 Å². The summed E-state index contributed by atoms with van der Waals surface area (Å²) in [7, 11) is -10.8. The molecule has 17 nitrogen and oxygen atoms in total. The van der Waals surface area contributed by atoms with Crippen molar-refractivity contribution in [3.05, 3.63) is 32.6 Å². The SMILES string of the molecule is Cc1cn([C@H]2C[C@H](O)[C@@H](COP(=O)(O)OP(=O)(O)O[C@H]3O[C@H](C)[C@@H](O)C(=O)[C@H]3O)O2)c(=O)[nH]c1=O. The van der Waals surface area contributed by atoms with Gasteiger partial charge in [-0.25, -0.2) is 13.9 Å². The number of Topliss-reactive ketones (excluding diaryl/α,β-unsaturated/α-hetero) is 1. The van der Waals surface area contributed by atoms with Gasteiger partial charge in [-0.3, -0.25) is 28.2 Å². The molecule has 0 amide bonds. The van der Waals surface area contributed by atoms with Crippen molar-refractivity contribution in [3.8, 4) is 0 Å². The first-order valence-corrected chi connectivity index (χ1v) is 13.0. The monoisotopic (exact) mass is 546 g/mol. The van der Waals surface area contributed by atoms with Gasteiger partial charge in [0.15, 0.2) is 11.9 Å². The Kier molecular flexibility index (Phi) is 8.33. The highest BCUT2D eigenvalue weighted by Gasteiger charge is 2.47. The van der Waals surface area contributed by atoms with Crippen LogP contribution >= 0.6 is 15.6 Å². The van der Waals surface area contributed by atoms with Gasteiger partial charge in [0.2, 0.25) is 6.29 Å². The van der Waals surface area contributed by atoms with Crippen molar-refractivity contribution in [2.45, 2.75) is 63.3 Å². The number of aromatic nitrogens is 2. The van der Waals surface area contributed by atoms with Crippen LogP contribution in [-0.2, 0) is 36.8 Å². The molecule has 1 aromatic rings. The highest BCUT2D eigenvalue weighted by molar-refractivity contribution is 7.61. The third-order valence-corrected chi connectivity index (χ3v) is 7.74. The molecule has 2 fully saturated rings. The van der Waals surface area contributed by atoms with E-state index in [2.05, 4.69) is 18.3 Å². The van der Waals surface area contributed by atoms with E-state index in [-0.39, 0.29) is 12.0 Å². The quantitative estimate of drug-likeness (QED) is 0.189. The number of hydrogen-bond acceptors (Lipinski definition) is 13. The van der Waals surface area contributed by atoms with Crippen LogP contribution in [0.3, 0.4) is 0 Å². The topological polar surface area (TPSA) is 253 Å². The zero-order valence-corrected chi connectivity index (χ0v) is 20.0. The Bertz CT molecular complexity index is 1170. The van der Waals surface area contributed by atoms with Crippen LogP contribution in [0.1, 0.15) is 25.1 Å². The molecule has 2 aliphatic heterocycles. The van der Waals surface area contributed by atoms with E-state index < -0.39 is 82.3 Å². The first-order valence-electron chi connectivity index (χ1n) is 10.0. The Hall–Kier alpha value is -1.59. The van der Waals surface area contributed by atoms with Gasteiger partial charge in [0.1, 0.15) is 18.4 Å². The molecule has 198 valence electrons. The standard InChI is InChI=1S/C16H24N2O15P2/c1-6-4-18(16(24)17-14(6)23)10-3-8(19)9(31-10)5-29-34(25,26)33-35(27,28)32-15-13(22)12(21)11(20)7(2)30-15/h4,7-11,13,15,19-20,22H,3,5H2,1-2H3,(H,25,26)(H,27,28)(H,17,23,24)/t7-,8+,9-,10-,11-,13-,15-/m1/s1. The summed E-state index contributed by atoms with van der Waals surface area (Å²) >= 11 is 0. The molecule has 0 aliphatic carbocycles. The Balaban J connectivity index is 1.59. The molecule has 0 saturated carbocycles. The highest BCUT2D eigenvalue weighted by Crippen LogP contribution is 2.61. The molecule has 2 aliphatic rings. The van der Waals surface area contributed by atoms with Crippen LogP contribution in [0.4, 0.5) is 0 Å². The third kappa shape index (κ3) is 6.60. The van der Waals surface area contributed by atoms with E-state index >= 15 is 0 Å². The summed E-state index contributed by atoms with van der Waals surface area (Å²) in [5.74, 6) is -1.17. The number of phosphoric acid groups is 2. The lowest BCUT2D eigenvalue weighted by Gasteiger charge is -2.34. The maximum Gasteiger partial charge on any atom is 0.483 e. The van der Waals surface area contributed by atoms with Crippen molar-refractivity contribution in [1.82, 2.24) is 9.55 Å². The number of aryl methyl sites for hydroxylation is 1. The van der Waals surface area contributed by atoms with Crippen LogP contribution in [-0.4, -0.2) is 83.9 Å². The molecule has 6 N–H and O–H groups in total. The number of phosphoric ester groups is 2. The summed E-state index contributed by atoms with van der Waals surface area (Å²) in [6, 6.07) is 0. The van der Waals surface area contributed by atoms with Gasteiger partial charge >= 0.3 is 21.3 Å². The number of ether oxygens (including phenoxy) is 2. The molecule has 0 spiro atoms. The van der Waals surface area contributed by atoms with Gasteiger partial charge < -0.3 is 34.6 Å². The lowest BCUT2D eigenvalue weighted by molar-refractivity contribution is -0.223. The summed E-state index contributed by atoms with van der Waals surface area (Å²) in [6.07, 6.45) is -9.87. The number of nitrogens with zero attached hydrogens (tertiary/aromatic N) is 1. The zero-order valence-electron chi connectivity index (χ0n) is 18.2. The molecule has 3 heterocycles. The van der Waals surface area contributed by atoms with Crippen LogP contribution in [0.2, 0.25) is 0 Å². The second kappa shape index (κ2) is 10.4. The second-order valence-electron chi connectivity index (χ2n) is 7.83. The lowest BCUT2D eigenvalue weighted by Crippen LogP contribution is -2.54. The number of aromatic amines is 1. The third-order valence-electron chi connectivity index (χ3n) is 5.14. The van der Waals surface area contributed by atoms with E-state index in [0.717, 1.165) is 4.57 Å². The summed E-state index contributed by atoms with van der Waals surface area (Å²) in [5, 5.41) is 29.4. The van der Waals surface area contributed by atoms with Gasteiger partial charge in [-0.05, 0) is 13.8 Å². The van der Waals surface area contributed by atoms with E-state index in [0.29, 0.717) is 0 Å². The number of ketones is 1. The fourth-order valence-electron chi connectivity index (χ4n) is 3.29. The molecule has 1 aromatic heterocycles. The van der Waals surface area contributed by atoms with Gasteiger partial charge in [-0.1, -0.05) is 0 Å². The summed E-state index contributed by atoms with van der Waals surface area (Å²) in [5.41, 5.74) is -1.24. The number of hydrogen-bond donors (Lipinski definition) is 6. The minimum absolute atomic E-state index is 0.160. The molecule has 0 bridgehead atoms. The maximum atomic E-state index is 12.1. The lowest BCUT2D eigenvalue weighted by atomic mass is 10.0. The fourth-order valence-corrected chi connectivity index (χ4v) is 5.44. The summed E-state index contributed by atoms with van der Waals surface area (Å²) in [4.78, 5) is 56.8. The smallest absolute Gasteiger partial charge is 0.390 e. The van der Waals surface area contributed by atoms with Gasteiger partial charge in [-0.15, -0.1) is 0 Å². The fraction of sp³-hybridized carbons (Fsp3) is 0.688. The van der Waals surface area contributed by atoms with Crippen LogP contribution in [0, 0.1) is 6.92 Å². The van der Waals surface area contributed by atoms with Gasteiger partial charge in [0, 0.05) is 18.2 Å². The highest BCUT2D eigenvalue weighted by atomic mass is 31.3. The van der Waals surface area contributed by atoms with Crippen molar-refractivity contribution in [1.29, 1.82) is 0 Å². The van der Waals surface area contributed by atoms with E-state index in [1.165, 1.54) is 20.0 Å². The molecule has 19 heteroatoms. The molecular formula is C16H24N2O15P2. The average molecular weight is 546 g/mol. The average Bonchev–Trinajstić information content (AvgIpc) is 3.11. The molecule has 2 saturated heterocycles. The first-order chi connectivity index (χ1) is 16.1. The first kappa shape index (κ1) is 28.0. The van der Waals surface area contributed by atoms with E-state index in [1.54, 1.807) is 0 Å². The Morgan fingerprint density at radius 2 is 1.77 bits per heavy atom. The van der Waals surface area contributed by atoms with Crippen LogP contribution in [0.15, 0.2) is 15.8 Å². The molecular weight excluding hydrogens is 522 g/mol. The van der Waals surface area contributed by atoms with Crippen molar-refractivity contribution >= 4 is 21.4 Å². The zero-order chi connectivity index (χ0) is 26.3. The maximum absolute atomic E-state index is 12.1. The van der Waals surface area contributed by atoms with E-state index in [1.807, 2.05) is 0 Å². The van der Waals surface area contributed by atoms with Crippen LogP contribution in [0.5, 0.6) is 0 Å². The Morgan fingerprint density at radius 1 is 1.11 bits per heavy atom. The van der Waals surface area contributed by atoms with Gasteiger partial charge in [0.25, 0.3) is 5.56 Å². The predicted octanol–water partition coefficient (Wildman–Crippen LogP) is -2.22. The van der Waals surface area contributed by atoms with Crippen molar-refractivity contribution < 1.29 is 61.9 Å². The second-order valence-corrected chi connectivity index (χ2v) is 10.8. The van der Waals surface area contributed by atoms with Crippen molar-refractivity contribution in [3.63, 3.8) is 0 Å². The number of aliphatic hydroxyl groups excluding tert-OH is 3. The van der Waals surface area contributed by atoms with Crippen molar-refractivity contribution in [2.75, 3.05) is 6.61 Å². The Labute approximate surface area is 196 Å². The van der Waals surface area contributed by atoms with E-state index in [9.17, 15) is 48.6 Å². The molecule has 2 unspecified atom stereocenters. The number of carbonyl (C=O) groups excluding carboxylic acids is 1. The summed E-state index contributed by atoms with van der Waals surface area (Å²) < 4.78 is 48.7. The number of H-pyrrole nitrogens is 1. The predicted molar refractivity (Wildman–Crippen MR) is 110 cm³/mol. The normalized spacial score (nSPS) is 34.9. The number of carbonyl (C=O) groups is 1. The minimum Gasteiger partial charge on any atom is -0.390 e. The largest absolute Gasteiger partial charge is 0.483 e. The Morgan fingerprint density at radius 3 is 2.43 bits per heavy atom. The number of nitrogens with one attached hydrogen (secondary N) is 1. The molecule has 3 rings (SSSR count). The molecule has 9 atom stereocenters.